The fourth-order valence-electron chi connectivity index (χ4n) is 1.86. The molecular formula is C15H17ClN4O. The maximum absolute atomic E-state index is 12.1. The second-order valence-corrected chi connectivity index (χ2v) is 4.84. The number of para-hydroxylation sites is 1. The Morgan fingerprint density at radius 2 is 2.24 bits per heavy atom. The topological polar surface area (TPSA) is 59.0 Å². The Bertz CT molecular complexity index is 651. The molecule has 2 aromatic rings. The molecule has 2 N–H and O–H groups in total. The van der Waals surface area contributed by atoms with Crippen LogP contribution in [-0.2, 0) is 13.6 Å². The van der Waals surface area contributed by atoms with Gasteiger partial charge in [0.15, 0.2) is 0 Å². The first-order valence-electron chi connectivity index (χ1n) is 6.51. The maximum Gasteiger partial charge on any atom is 0.253 e. The van der Waals surface area contributed by atoms with E-state index in [1.54, 1.807) is 22.9 Å². The first-order chi connectivity index (χ1) is 10.1. The average molecular weight is 305 g/mol. The summed E-state index contributed by atoms with van der Waals surface area (Å²) in [5.74, 6) is 0.650. The number of anilines is 1. The zero-order chi connectivity index (χ0) is 15.2. The monoisotopic (exact) mass is 304 g/mol. The van der Waals surface area contributed by atoms with Crippen LogP contribution in [0.1, 0.15) is 16.2 Å². The molecule has 0 saturated heterocycles. The lowest BCUT2D eigenvalue weighted by atomic mass is 10.1. The van der Waals surface area contributed by atoms with Crippen LogP contribution >= 0.6 is 11.6 Å². The van der Waals surface area contributed by atoms with E-state index in [0.29, 0.717) is 23.8 Å². The summed E-state index contributed by atoms with van der Waals surface area (Å²) in [7, 11) is 1.84. The molecule has 0 atom stereocenters. The van der Waals surface area contributed by atoms with E-state index in [-0.39, 0.29) is 5.91 Å². The molecule has 0 unspecified atom stereocenters. The third-order valence-corrected chi connectivity index (χ3v) is 3.39. The highest BCUT2D eigenvalue weighted by Crippen LogP contribution is 2.17. The minimum atomic E-state index is -0.143. The summed E-state index contributed by atoms with van der Waals surface area (Å²) < 4.78 is 1.79. The summed E-state index contributed by atoms with van der Waals surface area (Å²) in [5, 5.41) is 6.55. The van der Waals surface area contributed by atoms with Gasteiger partial charge in [-0.05, 0) is 12.1 Å². The molecular weight excluding hydrogens is 288 g/mol. The number of carbonyl (C=O) groups excluding carboxylic acids is 1. The standard InChI is InChI=1S/C15H17ClN4O/c1-3-8-17-15(21)11-6-4-5-7-12(11)18-10-14-19-9-13(16)20(14)2/h3-7,9,18H,1,8,10H2,2H3,(H,17,21). The molecule has 1 aromatic carbocycles. The van der Waals surface area contributed by atoms with Crippen molar-refractivity contribution in [1.82, 2.24) is 14.9 Å². The van der Waals surface area contributed by atoms with Crippen LogP contribution in [0.4, 0.5) is 5.69 Å². The zero-order valence-corrected chi connectivity index (χ0v) is 12.5. The summed E-state index contributed by atoms with van der Waals surface area (Å²) in [5.41, 5.74) is 1.33. The molecule has 0 spiro atoms. The van der Waals surface area contributed by atoms with Crippen LogP contribution in [0.3, 0.4) is 0 Å². The molecule has 2 rings (SSSR count). The van der Waals surface area contributed by atoms with E-state index in [2.05, 4.69) is 22.2 Å². The number of nitrogens with zero attached hydrogens (tertiary/aromatic N) is 2. The van der Waals surface area contributed by atoms with E-state index in [1.165, 1.54) is 0 Å². The van der Waals surface area contributed by atoms with Crippen LogP contribution in [0.15, 0.2) is 43.1 Å². The van der Waals surface area contributed by atoms with Gasteiger partial charge < -0.3 is 15.2 Å². The average Bonchev–Trinajstić information content (AvgIpc) is 2.82. The molecule has 0 saturated carbocycles. The van der Waals surface area contributed by atoms with Gasteiger partial charge in [-0.1, -0.05) is 29.8 Å². The molecule has 0 radical (unpaired) electrons. The molecule has 0 aliphatic carbocycles. The van der Waals surface area contributed by atoms with Crippen molar-refractivity contribution >= 4 is 23.2 Å². The van der Waals surface area contributed by atoms with Gasteiger partial charge in [-0.2, -0.15) is 0 Å². The lowest BCUT2D eigenvalue weighted by Gasteiger charge is -2.11. The van der Waals surface area contributed by atoms with Gasteiger partial charge in [-0.25, -0.2) is 4.98 Å². The summed E-state index contributed by atoms with van der Waals surface area (Å²) in [6, 6.07) is 7.32. The first-order valence-corrected chi connectivity index (χ1v) is 6.89. The van der Waals surface area contributed by atoms with Crippen molar-refractivity contribution in [3.05, 3.63) is 59.7 Å². The lowest BCUT2D eigenvalue weighted by Crippen LogP contribution is -2.24. The van der Waals surface area contributed by atoms with Crippen molar-refractivity contribution < 1.29 is 4.79 Å². The number of halogens is 1. The lowest BCUT2D eigenvalue weighted by molar-refractivity contribution is 0.0959. The summed E-state index contributed by atoms with van der Waals surface area (Å²) in [6.45, 7) is 4.50. The number of rotatable bonds is 6. The number of benzene rings is 1. The first kappa shape index (κ1) is 15.1. The number of aromatic nitrogens is 2. The largest absolute Gasteiger partial charge is 0.377 e. The van der Waals surface area contributed by atoms with Gasteiger partial charge in [0, 0.05) is 19.3 Å². The molecule has 1 aromatic heterocycles. The van der Waals surface area contributed by atoms with Crippen molar-refractivity contribution in [2.45, 2.75) is 6.54 Å². The second kappa shape index (κ2) is 6.95. The number of imidazole rings is 1. The fraction of sp³-hybridized carbons (Fsp3) is 0.200. The molecule has 1 heterocycles. The molecule has 1 amide bonds. The molecule has 6 heteroatoms. The number of hydrogen-bond acceptors (Lipinski definition) is 3. The smallest absolute Gasteiger partial charge is 0.253 e. The third-order valence-electron chi connectivity index (χ3n) is 3.04. The molecule has 0 fully saturated rings. The van der Waals surface area contributed by atoms with Crippen LogP contribution in [0, 0.1) is 0 Å². The van der Waals surface area contributed by atoms with E-state index in [9.17, 15) is 4.79 Å². The van der Waals surface area contributed by atoms with Gasteiger partial charge in [0.25, 0.3) is 5.91 Å². The van der Waals surface area contributed by atoms with Crippen molar-refractivity contribution in [2.75, 3.05) is 11.9 Å². The van der Waals surface area contributed by atoms with Crippen LogP contribution < -0.4 is 10.6 Å². The number of carbonyl (C=O) groups is 1. The van der Waals surface area contributed by atoms with E-state index in [1.807, 2.05) is 25.2 Å². The molecule has 0 aliphatic rings. The van der Waals surface area contributed by atoms with E-state index >= 15 is 0 Å². The van der Waals surface area contributed by atoms with Crippen LogP contribution in [0.25, 0.3) is 0 Å². The van der Waals surface area contributed by atoms with Crippen LogP contribution in [0.5, 0.6) is 0 Å². The van der Waals surface area contributed by atoms with Crippen molar-refractivity contribution in [3.8, 4) is 0 Å². The number of hydrogen-bond donors (Lipinski definition) is 2. The van der Waals surface area contributed by atoms with Gasteiger partial charge >= 0.3 is 0 Å². The number of amides is 1. The normalized spacial score (nSPS) is 10.2. The van der Waals surface area contributed by atoms with E-state index in [0.717, 1.165) is 11.5 Å². The van der Waals surface area contributed by atoms with Crippen LogP contribution in [-0.4, -0.2) is 22.0 Å². The van der Waals surface area contributed by atoms with Gasteiger partial charge in [-0.15, -0.1) is 6.58 Å². The Labute approximate surface area is 128 Å². The predicted octanol–water partition coefficient (Wildman–Crippen LogP) is 2.60. The number of nitrogens with one attached hydrogen (secondary N) is 2. The fourth-order valence-corrected chi connectivity index (χ4v) is 2.00. The zero-order valence-electron chi connectivity index (χ0n) is 11.8. The minimum Gasteiger partial charge on any atom is -0.377 e. The molecule has 0 bridgehead atoms. The van der Waals surface area contributed by atoms with Crippen LogP contribution in [0.2, 0.25) is 5.15 Å². The highest BCUT2D eigenvalue weighted by Gasteiger charge is 2.11. The summed E-state index contributed by atoms with van der Waals surface area (Å²) in [6.07, 6.45) is 3.24. The van der Waals surface area contributed by atoms with E-state index in [4.69, 9.17) is 11.6 Å². The Morgan fingerprint density at radius 3 is 2.90 bits per heavy atom. The summed E-state index contributed by atoms with van der Waals surface area (Å²) in [4.78, 5) is 16.3. The third kappa shape index (κ3) is 3.64. The highest BCUT2D eigenvalue weighted by atomic mass is 35.5. The quantitative estimate of drug-likeness (QED) is 0.807. The highest BCUT2D eigenvalue weighted by molar-refractivity contribution is 6.29. The van der Waals surface area contributed by atoms with Gasteiger partial charge in [0.2, 0.25) is 0 Å². The molecule has 110 valence electrons. The molecule has 0 aliphatic heterocycles. The maximum atomic E-state index is 12.1. The van der Waals surface area contributed by atoms with Gasteiger partial charge in [0.05, 0.1) is 18.3 Å². The molecule has 21 heavy (non-hydrogen) atoms. The minimum absolute atomic E-state index is 0.143. The Morgan fingerprint density at radius 1 is 1.48 bits per heavy atom. The van der Waals surface area contributed by atoms with Crippen molar-refractivity contribution in [3.63, 3.8) is 0 Å². The summed E-state index contributed by atoms with van der Waals surface area (Å²) >= 11 is 5.95. The van der Waals surface area contributed by atoms with Gasteiger partial charge in [-0.3, -0.25) is 4.79 Å². The van der Waals surface area contributed by atoms with Crippen molar-refractivity contribution in [1.29, 1.82) is 0 Å². The Kier molecular flexibility index (Phi) is 5.00. The van der Waals surface area contributed by atoms with Gasteiger partial charge in [0.1, 0.15) is 11.0 Å². The molecule has 5 nitrogen and oxygen atoms in total. The predicted molar refractivity (Wildman–Crippen MR) is 84.5 cm³/mol. The Balaban J connectivity index is 2.11. The second-order valence-electron chi connectivity index (χ2n) is 4.45. The Hall–Kier alpha value is -2.27. The van der Waals surface area contributed by atoms with Crippen molar-refractivity contribution in [2.24, 2.45) is 7.05 Å². The van der Waals surface area contributed by atoms with E-state index < -0.39 is 0 Å². The SMILES string of the molecule is C=CCNC(=O)c1ccccc1NCc1ncc(Cl)n1C.